The summed E-state index contributed by atoms with van der Waals surface area (Å²) >= 11 is 0. The Morgan fingerprint density at radius 1 is 0.869 bits per heavy atom. The highest BCUT2D eigenvalue weighted by Crippen LogP contribution is 2.43. The molecule has 61 heavy (non-hydrogen) atoms. The maximum Gasteiger partial charge on any atom is 0.401 e. The molecule has 16 heteroatoms. The van der Waals surface area contributed by atoms with Crippen molar-refractivity contribution in [1.82, 2.24) is 40.1 Å². The third-order valence-corrected chi connectivity index (χ3v) is 14.3. The fraction of sp³-hybridized carbons (Fsp3) is 0.489. The molecule has 318 valence electrons. The van der Waals surface area contributed by atoms with Crippen LogP contribution in [0.4, 0.5) is 13.2 Å². The topological polar surface area (TPSA) is 152 Å². The number of fused-ring (bicyclic) bond motifs is 5. The zero-order valence-electron chi connectivity index (χ0n) is 33.8. The standard InChI is InChI=1S/C45H47F3N8O5/c1-24-16-32-31(7-9-36-35(32)20-50-52-36)40(55(24)23-45(46,47)48)37-8-6-27(19-49-37)25-2-4-26(5-3-25)42(59)53-14-12-30(13-15-53)54-21-28-17-33-34(18-29(28)22-54)44(61)56(43(33)60)38-10-11-39(57)51-41(38)58/h6-9,17-20,24-26,30,38,40H,2-5,10-16,21-23H2,1H3,(H,50,52)(H,51,57,58)/t24-,25?,26?,38?,40+/m1/s1. The van der Waals surface area contributed by atoms with E-state index >= 15 is 0 Å². The van der Waals surface area contributed by atoms with Crippen LogP contribution in [-0.2, 0) is 33.9 Å². The van der Waals surface area contributed by atoms with Crippen LogP contribution in [-0.4, -0.2) is 108 Å². The SMILES string of the molecule is C[C@@H]1Cc2c(ccc3[nH]ncc23)[C@@H](c2ccc(C3CCC(C(=O)N4CCC(N5Cc6cc7c(cc6C5)C(=O)N(C5CCC(=O)NC5=O)C7=O)CC4)CC3)cn2)N1CC(F)(F)F. The fourth-order valence-corrected chi connectivity index (χ4v) is 11.1. The molecule has 3 atom stereocenters. The van der Waals surface area contributed by atoms with Crippen molar-refractivity contribution in [3.8, 4) is 0 Å². The van der Waals surface area contributed by atoms with E-state index in [0.29, 0.717) is 49.4 Å². The minimum atomic E-state index is -4.36. The number of imide groups is 2. The highest BCUT2D eigenvalue weighted by Gasteiger charge is 2.46. The van der Waals surface area contributed by atoms with E-state index in [1.54, 1.807) is 18.3 Å². The number of rotatable bonds is 6. The minimum Gasteiger partial charge on any atom is -0.342 e. The van der Waals surface area contributed by atoms with E-state index in [4.69, 9.17) is 4.98 Å². The van der Waals surface area contributed by atoms with Crippen LogP contribution in [0.1, 0.15) is 124 Å². The number of carbonyl (C=O) groups is 5. The zero-order valence-corrected chi connectivity index (χ0v) is 33.8. The summed E-state index contributed by atoms with van der Waals surface area (Å²) in [5.74, 6) is -1.67. The average Bonchev–Trinajstić information content (AvgIpc) is 3.96. The van der Waals surface area contributed by atoms with Crippen molar-refractivity contribution in [2.24, 2.45) is 5.92 Å². The number of hydrogen-bond donors (Lipinski definition) is 2. The Labute approximate surface area is 350 Å². The van der Waals surface area contributed by atoms with Gasteiger partial charge in [-0.15, -0.1) is 0 Å². The molecule has 1 aliphatic carbocycles. The van der Waals surface area contributed by atoms with Gasteiger partial charge in [-0.2, -0.15) is 18.3 Å². The summed E-state index contributed by atoms with van der Waals surface area (Å²) in [4.78, 5) is 76.4. The van der Waals surface area contributed by atoms with Crippen LogP contribution in [0.5, 0.6) is 0 Å². The summed E-state index contributed by atoms with van der Waals surface area (Å²) in [6.07, 6.45) is 4.73. The molecule has 2 saturated heterocycles. The molecule has 1 saturated carbocycles. The predicted octanol–water partition coefficient (Wildman–Crippen LogP) is 5.54. The lowest BCUT2D eigenvalue weighted by Crippen LogP contribution is -2.54. The van der Waals surface area contributed by atoms with Gasteiger partial charge in [0.05, 0.1) is 41.1 Å². The average molecular weight is 837 g/mol. The molecule has 3 fully saturated rings. The number of amides is 5. The molecule has 2 aromatic carbocycles. The molecule has 7 heterocycles. The Bertz CT molecular complexity index is 2410. The smallest absolute Gasteiger partial charge is 0.342 e. The zero-order chi connectivity index (χ0) is 42.3. The van der Waals surface area contributed by atoms with Crippen LogP contribution in [0.3, 0.4) is 0 Å². The summed E-state index contributed by atoms with van der Waals surface area (Å²) in [6.45, 7) is 3.40. The van der Waals surface area contributed by atoms with E-state index in [2.05, 4.69) is 20.4 Å². The van der Waals surface area contributed by atoms with Gasteiger partial charge < -0.3 is 4.90 Å². The molecule has 4 aromatic rings. The molecular weight excluding hydrogens is 790 g/mol. The summed E-state index contributed by atoms with van der Waals surface area (Å²) in [5, 5.41) is 10.3. The molecule has 6 aliphatic rings. The van der Waals surface area contributed by atoms with Crippen molar-refractivity contribution in [2.75, 3.05) is 19.6 Å². The second kappa shape index (κ2) is 15.2. The molecule has 1 unspecified atom stereocenters. The number of pyridine rings is 1. The number of likely N-dealkylation sites (tertiary alicyclic amines) is 1. The van der Waals surface area contributed by atoms with Gasteiger partial charge in [0.1, 0.15) is 6.04 Å². The first-order valence-electron chi connectivity index (χ1n) is 21.4. The highest BCUT2D eigenvalue weighted by molar-refractivity contribution is 6.23. The number of H-pyrrole nitrogens is 1. The van der Waals surface area contributed by atoms with E-state index in [1.165, 1.54) is 4.90 Å². The number of alkyl halides is 3. The van der Waals surface area contributed by atoms with Gasteiger partial charge in [0.2, 0.25) is 17.7 Å². The fourth-order valence-electron chi connectivity index (χ4n) is 11.1. The lowest BCUT2D eigenvalue weighted by Gasteiger charge is -2.42. The van der Waals surface area contributed by atoms with Crippen LogP contribution in [0.15, 0.2) is 48.8 Å². The van der Waals surface area contributed by atoms with Gasteiger partial charge in [0, 0.05) is 62.2 Å². The number of aromatic amines is 1. The Morgan fingerprint density at radius 2 is 1.57 bits per heavy atom. The maximum absolute atomic E-state index is 13.9. The number of nitrogens with zero attached hydrogens (tertiary/aromatic N) is 6. The molecule has 10 rings (SSSR count). The lowest BCUT2D eigenvalue weighted by molar-refractivity contribution is -0.155. The molecule has 0 spiro atoms. The van der Waals surface area contributed by atoms with Crippen molar-refractivity contribution < 1.29 is 37.1 Å². The minimum absolute atomic E-state index is 0.0517. The van der Waals surface area contributed by atoms with Crippen LogP contribution in [0.25, 0.3) is 10.9 Å². The number of hydrogen-bond acceptors (Lipinski definition) is 9. The Balaban J connectivity index is 0.738. The number of carbonyl (C=O) groups excluding carboxylic acids is 5. The Hall–Kier alpha value is -5.48. The van der Waals surface area contributed by atoms with Gasteiger partial charge in [-0.1, -0.05) is 12.1 Å². The monoisotopic (exact) mass is 836 g/mol. The van der Waals surface area contributed by atoms with Crippen molar-refractivity contribution in [3.63, 3.8) is 0 Å². The number of piperidine rings is 2. The third kappa shape index (κ3) is 7.10. The van der Waals surface area contributed by atoms with Crippen LogP contribution in [0.2, 0.25) is 0 Å². The van der Waals surface area contributed by atoms with Crippen molar-refractivity contribution in [3.05, 3.63) is 93.4 Å². The van der Waals surface area contributed by atoms with Crippen molar-refractivity contribution in [1.29, 1.82) is 0 Å². The first kappa shape index (κ1) is 39.6. The first-order valence-corrected chi connectivity index (χ1v) is 21.4. The second-order valence-electron chi connectivity index (χ2n) is 17.8. The van der Waals surface area contributed by atoms with Gasteiger partial charge in [-0.05, 0) is 116 Å². The molecule has 5 aliphatic heterocycles. The Kier molecular flexibility index (Phi) is 9.85. The quantitative estimate of drug-likeness (QED) is 0.239. The van der Waals surface area contributed by atoms with E-state index in [0.717, 1.165) is 82.1 Å². The summed E-state index contributed by atoms with van der Waals surface area (Å²) < 4.78 is 41.7. The number of nitrogens with one attached hydrogen (secondary N) is 2. The molecule has 5 amide bonds. The Morgan fingerprint density at radius 3 is 2.21 bits per heavy atom. The third-order valence-electron chi connectivity index (χ3n) is 14.3. The predicted molar refractivity (Wildman–Crippen MR) is 215 cm³/mol. The van der Waals surface area contributed by atoms with Crippen LogP contribution >= 0.6 is 0 Å². The van der Waals surface area contributed by atoms with E-state index in [9.17, 15) is 37.1 Å². The van der Waals surface area contributed by atoms with E-state index < -0.39 is 48.4 Å². The number of aromatic nitrogens is 3. The second-order valence-corrected chi connectivity index (χ2v) is 17.8. The van der Waals surface area contributed by atoms with Gasteiger partial charge >= 0.3 is 6.18 Å². The first-order chi connectivity index (χ1) is 29.3. The number of halogens is 3. The number of benzene rings is 2. The van der Waals surface area contributed by atoms with Gasteiger partial charge in [0.15, 0.2) is 0 Å². The van der Waals surface area contributed by atoms with Gasteiger partial charge in [0.25, 0.3) is 11.8 Å². The molecule has 2 N–H and O–H groups in total. The largest absolute Gasteiger partial charge is 0.401 e. The summed E-state index contributed by atoms with van der Waals surface area (Å²) in [6, 6.07) is 9.50. The maximum atomic E-state index is 13.9. The van der Waals surface area contributed by atoms with E-state index in [-0.39, 0.29) is 42.7 Å². The van der Waals surface area contributed by atoms with Gasteiger partial charge in [-0.3, -0.25) is 54.1 Å². The van der Waals surface area contributed by atoms with E-state index in [1.807, 2.05) is 42.3 Å². The summed E-state index contributed by atoms with van der Waals surface area (Å²) in [7, 11) is 0. The van der Waals surface area contributed by atoms with Crippen LogP contribution in [0, 0.1) is 5.92 Å². The van der Waals surface area contributed by atoms with Crippen molar-refractivity contribution in [2.45, 2.75) is 114 Å². The van der Waals surface area contributed by atoms with Crippen molar-refractivity contribution >= 4 is 40.4 Å². The van der Waals surface area contributed by atoms with Crippen LogP contribution < -0.4 is 5.32 Å². The van der Waals surface area contributed by atoms with Gasteiger partial charge in [-0.25, -0.2) is 0 Å². The lowest BCUT2D eigenvalue weighted by atomic mass is 9.78. The summed E-state index contributed by atoms with van der Waals surface area (Å²) in [5.41, 5.74) is 6.88. The molecule has 13 nitrogen and oxygen atoms in total. The molecule has 0 radical (unpaired) electrons. The molecule has 2 aromatic heterocycles. The normalized spacial score (nSPS) is 26.5. The molecule has 0 bridgehead atoms. The molecular formula is C45H47F3N8O5. The highest BCUT2D eigenvalue weighted by atomic mass is 19.4.